The van der Waals surface area contributed by atoms with E-state index in [9.17, 15) is 4.79 Å². The highest BCUT2D eigenvalue weighted by Crippen LogP contribution is 2.40. The number of aromatic nitrogens is 1. The second kappa shape index (κ2) is 9.68. The Balaban J connectivity index is 1.83. The van der Waals surface area contributed by atoms with Crippen LogP contribution in [0.3, 0.4) is 0 Å². The van der Waals surface area contributed by atoms with Gasteiger partial charge in [0.05, 0.1) is 5.41 Å². The summed E-state index contributed by atoms with van der Waals surface area (Å²) in [6.45, 7) is 10.4. The van der Waals surface area contributed by atoms with Gasteiger partial charge in [-0.15, -0.1) is 0 Å². The number of nitrogens with zero attached hydrogens (tertiary/aromatic N) is 1. The fraction of sp³-hybridized carbons (Fsp3) is 0.379. The summed E-state index contributed by atoms with van der Waals surface area (Å²) in [6.07, 6.45) is 6.30. The van der Waals surface area contributed by atoms with E-state index < -0.39 is 11.0 Å². The van der Waals surface area contributed by atoms with Crippen LogP contribution in [0.1, 0.15) is 70.6 Å². The number of hydrogen-bond donors (Lipinski definition) is 0. The highest BCUT2D eigenvalue weighted by Gasteiger charge is 2.40. The lowest BCUT2D eigenvalue weighted by atomic mass is 9.72. The topological polar surface area (TPSA) is 39.2 Å². The molecule has 0 N–H and O–H groups in total. The normalized spacial score (nSPS) is 13.9. The minimum absolute atomic E-state index is 0.0113. The van der Waals surface area contributed by atoms with Crippen molar-refractivity contribution in [1.82, 2.24) is 4.98 Å². The molecule has 0 spiro atoms. The van der Waals surface area contributed by atoms with Crippen LogP contribution in [0.4, 0.5) is 0 Å². The van der Waals surface area contributed by atoms with E-state index in [1.807, 2.05) is 93.8 Å². The highest BCUT2D eigenvalue weighted by molar-refractivity contribution is 5.77. The lowest BCUT2D eigenvalue weighted by molar-refractivity contribution is -0.166. The molecule has 3 aromatic rings. The van der Waals surface area contributed by atoms with E-state index in [1.54, 1.807) is 0 Å². The van der Waals surface area contributed by atoms with Crippen LogP contribution in [0.2, 0.25) is 0 Å². The van der Waals surface area contributed by atoms with E-state index in [2.05, 4.69) is 31.0 Å². The molecule has 0 radical (unpaired) electrons. The van der Waals surface area contributed by atoms with Gasteiger partial charge < -0.3 is 4.74 Å². The van der Waals surface area contributed by atoms with E-state index in [-0.39, 0.29) is 11.4 Å². The second-order valence-electron chi connectivity index (χ2n) is 9.69. The largest absolute Gasteiger partial charge is 0.449 e. The van der Waals surface area contributed by atoms with Gasteiger partial charge in [-0.3, -0.25) is 9.78 Å². The number of benzene rings is 2. The molecular formula is C29H35NO2. The SMILES string of the molecule is CCC(C)(CCC(C)(C)C(=O)OC(C)(c1ccccc1)c1ccccc1)c1ccncc1. The summed E-state index contributed by atoms with van der Waals surface area (Å²) in [5.74, 6) is -0.180. The quantitative estimate of drug-likeness (QED) is 0.342. The summed E-state index contributed by atoms with van der Waals surface area (Å²) in [4.78, 5) is 17.7. The Morgan fingerprint density at radius 1 is 0.750 bits per heavy atom. The third-order valence-electron chi connectivity index (χ3n) is 6.96. The molecule has 0 saturated carbocycles. The first kappa shape index (κ1) is 23.7. The smallest absolute Gasteiger partial charge is 0.312 e. The van der Waals surface area contributed by atoms with Gasteiger partial charge in [0.1, 0.15) is 0 Å². The number of hydrogen-bond acceptors (Lipinski definition) is 3. The minimum Gasteiger partial charge on any atom is -0.449 e. The van der Waals surface area contributed by atoms with E-state index in [1.165, 1.54) is 5.56 Å². The van der Waals surface area contributed by atoms with Crippen molar-refractivity contribution in [2.75, 3.05) is 0 Å². The third-order valence-corrected chi connectivity index (χ3v) is 6.96. The average Bonchev–Trinajstić information content (AvgIpc) is 2.84. The summed E-state index contributed by atoms with van der Waals surface area (Å²) in [5, 5.41) is 0. The summed E-state index contributed by atoms with van der Waals surface area (Å²) < 4.78 is 6.33. The molecule has 2 aromatic carbocycles. The molecule has 3 rings (SSSR count). The van der Waals surface area contributed by atoms with Crippen LogP contribution in [-0.2, 0) is 20.5 Å². The van der Waals surface area contributed by atoms with Crippen LogP contribution in [0, 0.1) is 5.41 Å². The Morgan fingerprint density at radius 2 is 1.25 bits per heavy atom. The maximum absolute atomic E-state index is 13.5. The number of rotatable bonds is 9. The monoisotopic (exact) mass is 429 g/mol. The Kier molecular flexibility index (Phi) is 7.18. The first-order valence-electron chi connectivity index (χ1n) is 11.5. The molecule has 1 heterocycles. The van der Waals surface area contributed by atoms with Gasteiger partial charge in [0.2, 0.25) is 0 Å². The predicted octanol–water partition coefficient (Wildman–Crippen LogP) is 7.06. The van der Waals surface area contributed by atoms with Gasteiger partial charge >= 0.3 is 5.97 Å². The molecular weight excluding hydrogens is 394 g/mol. The van der Waals surface area contributed by atoms with Crippen LogP contribution in [-0.4, -0.2) is 11.0 Å². The molecule has 1 unspecified atom stereocenters. The molecule has 32 heavy (non-hydrogen) atoms. The average molecular weight is 430 g/mol. The Labute approximate surface area is 192 Å². The number of carbonyl (C=O) groups excluding carboxylic acids is 1. The van der Waals surface area contributed by atoms with Crippen LogP contribution in [0.25, 0.3) is 0 Å². The van der Waals surface area contributed by atoms with Crippen molar-refractivity contribution in [2.24, 2.45) is 5.41 Å². The maximum Gasteiger partial charge on any atom is 0.312 e. The Morgan fingerprint density at radius 3 is 1.72 bits per heavy atom. The molecule has 1 atom stereocenters. The lowest BCUT2D eigenvalue weighted by Crippen LogP contribution is -2.38. The van der Waals surface area contributed by atoms with Crippen molar-refractivity contribution in [1.29, 1.82) is 0 Å². The molecule has 0 aliphatic rings. The van der Waals surface area contributed by atoms with Crippen LogP contribution in [0.15, 0.2) is 85.2 Å². The zero-order valence-corrected chi connectivity index (χ0v) is 20.0. The fourth-order valence-corrected chi connectivity index (χ4v) is 4.09. The molecule has 0 aliphatic carbocycles. The molecule has 0 saturated heterocycles. The van der Waals surface area contributed by atoms with Gasteiger partial charge in [0.25, 0.3) is 0 Å². The zero-order chi connectivity index (χ0) is 23.2. The van der Waals surface area contributed by atoms with Crippen molar-refractivity contribution in [2.45, 2.75) is 64.9 Å². The Hall–Kier alpha value is -2.94. The van der Waals surface area contributed by atoms with Crippen molar-refractivity contribution >= 4 is 5.97 Å². The van der Waals surface area contributed by atoms with Gasteiger partial charge in [-0.05, 0) is 74.3 Å². The number of pyridine rings is 1. The zero-order valence-electron chi connectivity index (χ0n) is 20.0. The van der Waals surface area contributed by atoms with Gasteiger partial charge in [-0.2, -0.15) is 0 Å². The Bertz CT molecular complexity index is 960. The van der Waals surface area contributed by atoms with E-state index in [4.69, 9.17) is 4.74 Å². The van der Waals surface area contributed by atoms with Gasteiger partial charge in [-0.25, -0.2) is 0 Å². The summed E-state index contributed by atoms with van der Waals surface area (Å²) in [6, 6.07) is 24.1. The highest BCUT2D eigenvalue weighted by atomic mass is 16.6. The number of carbonyl (C=O) groups is 1. The minimum atomic E-state index is -0.851. The molecule has 0 fully saturated rings. The van der Waals surface area contributed by atoms with Crippen molar-refractivity contribution in [3.05, 3.63) is 102 Å². The molecule has 1 aromatic heterocycles. The molecule has 0 amide bonds. The fourth-order valence-electron chi connectivity index (χ4n) is 4.09. The molecule has 3 heteroatoms. The molecule has 3 nitrogen and oxygen atoms in total. The summed E-state index contributed by atoms with van der Waals surface area (Å²) >= 11 is 0. The van der Waals surface area contributed by atoms with Crippen LogP contribution in [0.5, 0.6) is 0 Å². The lowest BCUT2D eigenvalue weighted by Gasteiger charge is -2.36. The van der Waals surface area contributed by atoms with Crippen LogP contribution >= 0.6 is 0 Å². The standard InChI is InChI=1S/C29H35NO2/c1-6-28(4,23-17-21-30-22-18-23)20-19-27(2,3)26(31)32-29(5,24-13-9-7-10-14-24)25-15-11-8-12-16-25/h7-18,21-22H,6,19-20H2,1-5H3. The summed E-state index contributed by atoms with van der Waals surface area (Å²) in [7, 11) is 0. The second-order valence-corrected chi connectivity index (χ2v) is 9.69. The maximum atomic E-state index is 13.5. The molecule has 0 aliphatic heterocycles. The first-order chi connectivity index (χ1) is 15.2. The molecule has 168 valence electrons. The molecule has 0 bridgehead atoms. The van der Waals surface area contributed by atoms with E-state index in [0.29, 0.717) is 0 Å². The van der Waals surface area contributed by atoms with Gasteiger partial charge in [0.15, 0.2) is 5.60 Å². The first-order valence-corrected chi connectivity index (χ1v) is 11.5. The van der Waals surface area contributed by atoms with E-state index in [0.717, 1.165) is 30.4 Å². The van der Waals surface area contributed by atoms with Crippen molar-refractivity contribution in [3.63, 3.8) is 0 Å². The van der Waals surface area contributed by atoms with Crippen LogP contribution < -0.4 is 0 Å². The van der Waals surface area contributed by atoms with Gasteiger partial charge in [0, 0.05) is 12.4 Å². The van der Waals surface area contributed by atoms with Crippen molar-refractivity contribution in [3.8, 4) is 0 Å². The number of esters is 1. The van der Waals surface area contributed by atoms with E-state index >= 15 is 0 Å². The number of ether oxygens (including phenoxy) is 1. The summed E-state index contributed by atoms with van der Waals surface area (Å²) in [5.41, 5.74) is 1.71. The third kappa shape index (κ3) is 5.09. The predicted molar refractivity (Wildman–Crippen MR) is 130 cm³/mol. The van der Waals surface area contributed by atoms with Crippen molar-refractivity contribution < 1.29 is 9.53 Å². The van der Waals surface area contributed by atoms with Gasteiger partial charge in [-0.1, -0.05) is 74.5 Å².